The summed E-state index contributed by atoms with van der Waals surface area (Å²) in [5, 5.41) is 13.0. The van der Waals surface area contributed by atoms with Crippen molar-refractivity contribution in [1.29, 1.82) is 0 Å². The number of hydrogen-bond acceptors (Lipinski definition) is 2. The zero-order valence-corrected chi connectivity index (χ0v) is 9.81. The fourth-order valence-corrected chi connectivity index (χ4v) is 2.43. The molecule has 1 unspecified atom stereocenters. The maximum atomic E-state index is 13.5. The molecule has 1 aromatic carbocycles. The highest BCUT2D eigenvalue weighted by atomic mass is 19.1. The number of nitrogens with one attached hydrogen (secondary N) is 1. The highest BCUT2D eigenvalue weighted by Crippen LogP contribution is 2.33. The van der Waals surface area contributed by atoms with Crippen LogP contribution >= 0.6 is 0 Å². The van der Waals surface area contributed by atoms with Gasteiger partial charge in [-0.05, 0) is 55.8 Å². The van der Waals surface area contributed by atoms with Crippen molar-refractivity contribution in [2.45, 2.75) is 32.6 Å². The van der Waals surface area contributed by atoms with E-state index in [9.17, 15) is 9.50 Å². The minimum atomic E-state index is -0.481. The van der Waals surface area contributed by atoms with Gasteiger partial charge >= 0.3 is 0 Å². The number of hydrogen-bond donors (Lipinski definition) is 2. The molecule has 0 radical (unpaired) electrons. The molecule has 0 bridgehead atoms. The van der Waals surface area contributed by atoms with Crippen molar-refractivity contribution in [2.75, 3.05) is 13.1 Å². The fourth-order valence-electron chi connectivity index (χ4n) is 2.43. The van der Waals surface area contributed by atoms with Crippen molar-refractivity contribution in [3.05, 3.63) is 28.6 Å². The summed E-state index contributed by atoms with van der Waals surface area (Å²) in [4.78, 5) is 0. The molecular weight excluding hydrogens is 205 g/mol. The zero-order chi connectivity index (χ0) is 11.7. The van der Waals surface area contributed by atoms with E-state index in [-0.39, 0.29) is 5.75 Å². The van der Waals surface area contributed by atoms with Gasteiger partial charge in [0.15, 0.2) is 11.6 Å². The molecule has 3 heteroatoms. The summed E-state index contributed by atoms with van der Waals surface area (Å²) in [5.41, 5.74) is 2.31. The molecule has 1 aromatic rings. The first-order chi connectivity index (χ1) is 7.61. The molecule has 2 N–H and O–H groups in total. The van der Waals surface area contributed by atoms with Gasteiger partial charge in [-0.25, -0.2) is 4.39 Å². The van der Waals surface area contributed by atoms with E-state index in [2.05, 4.69) is 5.32 Å². The van der Waals surface area contributed by atoms with Gasteiger partial charge in [-0.2, -0.15) is 0 Å². The number of aryl methyl sites for hydroxylation is 1. The summed E-state index contributed by atoms with van der Waals surface area (Å²) >= 11 is 0. The normalized spacial score (nSPS) is 21.1. The van der Waals surface area contributed by atoms with Gasteiger partial charge in [-0.1, -0.05) is 6.07 Å². The highest BCUT2D eigenvalue weighted by molar-refractivity contribution is 5.45. The van der Waals surface area contributed by atoms with Crippen molar-refractivity contribution in [2.24, 2.45) is 0 Å². The van der Waals surface area contributed by atoms with E-state index < -0.39 is 5.82 Å². The predicted octanol–water partition coefficient (Wildman–Crippen LogP) is 2.62. The van der Waals surface area contributed by atoms with Gasteiger partial charge in [-0.3, -0.25) is 0 Å². The SMILES string of the molecule is Cc1cc(C2CCCNC2)c(C)c(O)c1F. The number of halogens is 1. The average Bonchev–Trinajstić information content (AvgIpc) is 2.32. The minimum absolute atomic E-state index is 0.180. The predicted molar refractivity (Wildman–Crippen MR) is 62.4 cm³/mol. The monoisotopic (exact) mass is 223 g/mol. The van der Waals surface area contributed by atoms with Gasteiger partial charge in [0, 0.05) is 6.54 Å². The fraction of sp³-hybridized carbons (Fsp3) is 0.538. The van der Waals surface area contributed by atoms with Crippen LogP contribution in [0.5, 0.6) is 5.75 Å². The summed E-state index contributed by atoms with van der Waals surface area (Å²) in [7, 11) is 0. The number of piperidine rings is 1. The minimum Gasteiger partial charge on any atom is -0.505 e. The van der Waals surface area contributed by atoms with E-state index in [0.717, 1.165) is 31.5 Å². The average molecular weight is 223 g/mol. The lowest BCUT2D eigenvalue weighted by Gasteiger charge is -2.25. The molecule has 2 nitrogen and oxygen atoms in total. The van der Waals surface area contributed by atoms with E-state index in [1.807, 2.05) is 6.07 Å². The second-order valence-electron chi connectivity index (χ2n) is 4.61. The summed E-state index contributed by atoms with van der Waals surface area (Å²) in [6, 6.07) is 1.88. The zero-order valence-electron chi connectivity index (χ0n) is 9.81. The molecule has 1 saturated heterocycles. The first-order valence-electron chi connectivity index (χ1n) is 5.80. The third-order valence-corrected chi connectivity index (χ3v) is 3.45. The lowest BCUT2D eigenvalue weighted by Crippen LogP contribution is -2.28. The second kappa shape index (κ2) is 4.42. The van der Waals surface area contributed by atoms with Gasteiger partial charge in [-0.15, -0.1) is 0 Å². The van der Waals surface area contributed by atoms with E-state index in [0.29, 0.717) is 17.0 Å². The Labute approximate surface area is 95.5 Å². The molecule has 0 amide bonds. The molecule has 88 valence electrons. The summed E-state index contributed by atoms with van der Waals surface area (Å²) in [6.07, 6.45) is 2.25. The first kappa shape index (κ1) is 11.4. The smallest absolute Gasteiger partial charge is 0.167 e. The van der Waals surface area contributed by atoms with E-state index in [1.165, 1.54) is 0 Å². The first-order valence-corrected chi connectivity index (χ1v) is 5.80. The Morgan fingerprint density at radius 3 is 2.81 bits per heavy atom. The van der Waals surface area contributed by atoms with Gasteiger partial charge in [0.1, 0.15) is 0 Å². The van der Waals surface area contributed by atoms with E-state index in [4.69, 9.17) is 0 Å². The van der Waals surface area contributed by atoms with Crippen molar-refractivity contribution in [3.63, 3.8) is 0 Å². The number of aromatic hydroxyl groups is 1. The Morgan fingerprint density at radius 1 is 1.44 bits per heavy atom. The standard InChI is InChI=1S/C13H18FNO/c1-8-6-11(9(2)13(16)12(8)14)10-4-3-5-15-7-10/h6,10,15-16H,3-5,7H2,1-2H3. The van der Waals surface area contributed by atoms with Crippen LogP contribution in [0.4, 0.5) is 4.39 Å². The Bertz CT molecular complexity index is 397. The van der Waals surface area contributed by atoms with Crippen LogP contribution < -0.4 is 5.32 Å². The highest BCUT2D eigenvalue weighted by Gasteiger charge is 2.21. The largest absolute Gasteiger partial charge is 0.505 e. The maximum absolute atomic E-state index is 13.5. The molecule has 1 atom stereocenters. The summed E-state index contributed by atoms with van der Waals surface area (Å²) in [5.74, 6) is -0.260. The van der Waals surface area contributed by atoms with Crippen LogP contribution in [-0.2, 0) is 0 Å². The molecular formula is C13H18FNO. The van der Waals surface area contributed by atoms with Crippen molar-refractivity contribution in [3.8, 4) is 5.75 Å². The Hall–Kier alpha value is -1.09. The number of benzene rings is 1. The van der Waals surface area contributed by atoms with Gasteiger partial charge in [0.2, 0.25) is 0 Å². The molecule has 2 rings (SSSR count). The van der Waals surface area contributed by atoms with Gasteiger partial charge < -0.3 is 10.4 Å². The molecule has 0 aliphatic carbocycles. The molecule has 16 heavy (non-hydrogen) atoms. The third-order valence-electron chi connectivity index (χ3n) is 3.45. The van der Waals surface area contributed by atoms with Gasteiger partial charge in [0.25, 0.3) is 0 Å². The van der Waals surface area contributed by atoms with Crippen molar-refractivity contribution in [1.82, 2.24) is 5.32 Å². The molecule has 0 aromatic heterocycles. The van der Waals surface area contributed by atoms with Crippen LogP contribution in [-0.4, -0.2) is 18.2 Å². The van der Waals surface area contributed by atoms with Crippen LogP contribution in [0.1, 0.15) is 35.4 Å². The van der Waals surface area contributed by atoms with Gasteiger partial charge in [0.05, 0.1) is 0 Å². The lowest BCUT2D eigenvalue weighted by atomic mass is 9.87. The van der Waals surface area contributed by atoms with Crippen LogP contribution in [0, 0.1) is 19.7 Å². The summed E-state index contributed by atoms with van der Waals surface area (Å²) < 4.78 is 13.5. The Balaban J connectivity index is 2.40. The lowest BCUT2D eigenvalue weighted by molar-refractivity contribution is 0.418. The quantitative estimate of drug-likeness (QED) is 0.767. The second-order valence-corrected chi connectivity index (χ2v) is 4.61. The van der Waals surface area contributed by atoms with Crippen LogP contribution in [0.3, 0.4) is 0 Å². The number of phenols is 1. The number of phenolic OH excluding ortho intramolecular Hbond substituents is 1. The Kier molecular flexibility index (Phi) is 3.15. The number of rotatable bonds is 1. The summed E-state index contributed by atoms with van der Waals surface area (Å²) in [6.45, 7) is 5.48. The maximum Gasteiger partial charge on any atom is 0.167 e. The van der Waals surface area contributed by atoms with E-state index >= 15 is 0 Å². The molecule has 0 saturated carbocycles. The molecule has 1 aliphatic heterocycles. The van der Waals surface area contributed by atoms with Crippen molar-refractivity contribution >= 4 is 0 Å². The topological polar surface area (TPSA) is 32.3 Å². The van der Waals surface area contributed by atoms with Crippen LogP contribution in [0.15, 0.2) is 6.07 Å². The van der Waals surface area contributed by atoms with Crippen LogP contribution in [0.25, 0.3) is 0 Å². The van der Waals surface area contributed by atoms with E-state index in [1.54, 1.807) is 13.8 Å². The van der Waals surface area contributed by atoms with Crippen LogP contribution in [0.2, 0.25) is 0 Å². The van der Waals surface area contributed by atoms with Crippen molar-refractivity contribution < 1.29 is 9.50 Å². The molecule has 0 spiro atoms. The molecule has 1 heterocycles. The molecule has 1 fully saturated rings. The third kappa shape index (κ3) is 1.92. The Morgan fingerprint density at radius 2 is 2.19 bits per heavy atom. The molecule has 1 aliphatic rings.